The summed E-state index contributed by atoms with van der Waals surface area (Å²) in [5.74, 6) is 3.86. The van der Waals surface area contributed by atoms with Crippen molar-refractivity contribution in [2.45, 2.75) is 45.6 Å². The highest BCUT2D eigenvalue weighted by Crippen LogP contribution is 2.49. The molecule has 2 saturated carbocycles. The van der Waals surface area contributed by atoms with Crippen LogP contribution >= 0.6 is 0 Å². The standard InChI is InChI=1S/C19H27NO3/c1-3-22-16-6-8-17(9-7-16)23-12-19(21)20-13(2)18-11-14-4-5-15(18)10-14/h6-9,13-15,18H,3-5,10-12H2,1-2H3,(H,20,21)/t13-,14-,15-,18+/m0/s1. The second-order valence-corrected chi connectivity index (χ2v) is 6.89. The lowest BCUT2D eigenvalue weighted by atomic mass is 9.84. The van der Waals surface area contributed by atoms with Gasteiger partial charge in [-0.3, -0.25) is 4.79 Å². The Morgan fingerprint density at radius 2 is 1.87 bits per heavy atom. The summed E-state index contributed by atoms with van der Waals surface area (Å²) in [5, 5.41) is 3.12. The van der Waals surface area contributed by atoms with Crippen molar-refractivity contribution < 1.29 is 14.3 Å². The summed E-state index contributed by atoms with van der Waals surface area (Å²) in [6.45, 7) is 4.80. The Morgan fingerprint density at radius 3 is 2.43 bits per heavy atom. The van der Waals surface area contributed by atoms with Gasteiger partial charge < -0.3 is 14.8 Å². The minimum Gasteiger partial charge on any atom is -0.494 e. The van der Waals surface area contributed by atoms with Crippen LogP contribution in [-0.2, 0) is 4.79 Å². The molecule has 2 aliphatic rings. The molecule has 4 nitrogen and oxygen atoms in total. The van der Waals surface area contributed by atoms with E-state index in [4.69, 9.17) is 9.47 Å². The third kappa shape index (κ3) is 3.98. The van der Waals surface area contributed by atoms with E-state index < -0.39 is 0 Å². The number of hydrogen-bond acceptors (Lipinski definition) is 3. The Bertz CT molecular complexity index is 528. The first kappa shape index (κ1) is 16.2. The Morgan fingerprint density at radius 1 is 1.17 bits per heavy atom. The highest BCUT2D eigenvalue weighted by atomic mass is 16.5. The number of nitrogens with one attached hydrogen (secondary N) is 1. The lowest BCUT2D eigenvalue weighted by molar-refractivity contribution is -0.124. The fraction of sp³-hybridized carbons (Fsp3) is 0.632. The predicted molar refractivity (Wildman–Crippen MR) is 89.6 cm³/mol. The molecule has 0 aromatic heterocycles. The van der Waals surface area contributed by atoms with Crippen LogP contribution in [0.1, 0.15) is 39.5 Å². The maximum absolute atomic E-state index is 12.1. The lowest BCUT2D eigenvalue weighted by Gasteiger charge is -2.28. The average Bonchev–Trinajstić information content (AvgIpc) is 3.17. The summed E-state index contributed by atoms with van der Waals surface area (Å²) >= 11 is 0. The molecule has 1 aromatic carbocycles. The topological polar surface area (TPSA) is 47.6 Å². The highest BCUT2D eigenvalue weighted by Gasteiger charge is 2.42. The van der Waals surface area contributed by atoms with Crippen molar-refractivity contribution in [2.75, 3.05) is 13.2 Å². The minimum atomic E-state index is -0.0332. The number of fused-ring (bicyclic) bond motifs is 2. The van der Waals surface area contributed by atoms with Gasteiger partial charge in [0.05, 0.1) is 6.61 Å². The van der Waals surface area contributed by atoms with Crippen molar-refractivity contribution in [1.82, 2.24) is 5.32 Å². The monoisotopic (exact) mass is 317 g/mol. The summed E-state index contributed by atoms with van der Waals surface area (Å²) in [5.41, 5.74) is 0. The number of rotatable bonds is 7. The van der Waals surface area contributed by atoms with Gasteiger partial charge in [-0.1, -0.05) is 6.42 Å². The van der Waals surface area contributed by atoms with Crippen molar-refractivity contribution in [3.63, 3.8) is 0 Å². The molecule has 1 amide bonds. The summed E-state index contributed by atoms with van der Waals surface area (Å²) < 4.78 is 10.9. The molecule has 2 aliphatic carbocycles. The largest absolute Gasteiger partial charge is 0.494 e. The fourth-order valence-electron chi connectivity index (χ4n) is 4.26. The quantitative estimate of drug-likeness (QED) is 0.838. The van der Waals surface area contributed by atoms with E-state index >= 15 is 0 Å². The molecule has 1 aromatic rings. The van der Waals surface area contributed by atoms with E-state index in [9.17, 15) is 4.79 Å². The normalized spacial score (nSPS) is 26.8. The van der Waals surface area contributed by atoms with Crippen LogP contribution in [0.2, 0.25) is 0 Å². The van der Waals surface area contributed by atoms with Crippen molar-refractivity contribution in [3.8, 4) is 11.5 Å². The summed E-state index contributed by atoms with van der Waals surface area (Å²) in [6, 6.07) is 7.63. The first-order valence-corrected chi connectivity index (χ1v) is 8.80. The third-order valence-electron chi connectivity index (χ3n) is 5.33. The number of carbonyl (C=O) groups excluding carboxylic acids is 1. The van der Waals surface area contributed by atoms with Crippen LogP contribution in [-0.4, -0.2) is 25.2 Å². The second kappa shape index (κ2) is 7.24. The number of hydrogen-bond donors (Lipinski definition) is 1. The van der Waals surface area contributed by atoms with E-state index in [-0.39, 0.29) is 18.6 Å². The molecular weight excluding hydrogens is 290 g/mol. The van der Waals surface area contributed by atoms with E-state index in [0.29, 0.717) is 18.3 Å². The van der Waals surface area contributed by atoms with E-state index in [1.54, 1.807) is 0 Å². The van der Waals surface area contributed by atoms with E-state index in [0.717, 1.165) is 17.6 Å². The molecular formula is C19H27NO3. The molecule has 0 radical (unpaired) electrons. The lowest BCUT2D eigenvalue weighted by Crippen LogP contribution is -2.42. The Balaban J connectivity index is 1.42. The van der Waals surface area contributed by atoms with Gasteiger partial charge in [0.1, 0.15) is 11.5 Å². The smallest absolute Gasteiger partial charge is 0.258 e. The zero-order valence-electron chi connectivity index (χ0n) is 14.1. The van der Waals surface area contributed by atoms with Crippen LogP contribution in [0, 0.1) is 17.8 Å². The molecule has 0 aliphatic heterocycles. The van der Waals surface area contributed by atoms with Crippen LogP contribution in [0.5, 0.6) is 11.5 Å². The average molecular weight is 317 g/mol. The van der Waals surface area contributed by atoms with Crippen molar-refractivity contribution in [1.29, 1.82) is 0 Å². The molecule has 0 spiro atoms. The van der Waals surface area contributed by atoms with Crippen LogP contribution in [0.15, 0.2) is 24.3 Å². The van der Waals surface area contributed by atoms with Gasteiger partial charge in [-0.2, -0.15) is 0 Å². The van der Waals surface area contributed by atoms with Gasteiger partial charge >= 0.3 is 0 Å². The zero-order chi connectivity index (χ0) is 16.2. The van der Waals surface area contributed by atoms with Crippen LogP contribution in [0.3, 0.4) is 0 Å². The first-order chi connectivity index (χ1) is 11.2. The van der Waals surface area contributed by atoms with Crippen molar-refractivity contribution in [2.24, 2.45) is 17.8 Å². The van der Waals surface area contributed by atoms with E-state index in [1.807, 2.05) is 31.2 Å². The zero-order valence-corrected chi connectivity index (χ0v) is 14.1. The van der Waals surface area contributed by atoms with Gasteiger partial charge in [0, 0.05) is 6.04 Å². The highest BCUT2D eigenvalue weighted by molar-refractivity contribution is 5.77. The van der Waals surface area contributed by atoms with E-state index in [2.05, 4.69) is 12.2 Å². The van der Waals surface area contributed by atoms with Gasteiger partial charge in [-0.15, -0.1) is 0 Å². The number of carbonyl (C=O) groups is 1. The minimum absolute atomic E-state index is 0.0332. The molecule has 23 heavy (non-hydrogen) atoms. The Labute approximate surface area is 138 Å². The Hall–Kier alpha value is -1.71. The molecule has 0 unspecified atom stereocenters. The molecule has 1 N–H and O–H groups in total. The van der Waals surface area contributed by atoms with Crippen molar-refractivity contribution in [3.05, 3.63) is 24.3 Å². The maximum atomic E-state index is 12.1. The van der Waals surface area contributed by atoms with Gasteiger partial charge in [0.25, 0.3) is 5.91 Å². The number of ether oxygens (including phenoxy) is 2. The molecule has 2 bridgehead atoms. The molecule has 126 valence electrons. The number of amides is 1. The second-order valence-electron chi connectivity index (χ2n) is 6.89. The number of benzene rings is 1. The van der Waals surface area contributed by atoms with Crippen LogP contribution in [0.25, 0.3) is 0 Å². The van der Waals surface area contributed by atoms with Crippen LogP contribution in [0.4, 0.5) is 0 Å². The van der Waals surface area contributed by atoms with Gasteiger partial charge in [0.15, 0.2) is 6.61 Å². The molecule has 4 atom stereocenters. The van der Waals surface area contributed by atoms with E-state index in [1.165, 1.54) is 25.7 Å². The van der Waals surface area contributed by atoms with Gasteiger partial charge in [-0.05, 0) is 75.1 Å². The first-order valence-electron chi connectivity index (χ1n) is 8.80. The van der Waals surface area contributed by atoms with Crippen LogP contribution < -0.4 is 14.8 Å². The molecule has 2 fully saturated rings. The third-order valence-corrected chi connectivity index (χ3v) is 5.33. The maximum Gasteiger partial charge on any atom is 0.258 e. The van der Waals surface area contributed by atoms with Gasteiger partial charge in [0.2, 0.25) is 0 Å². The summed E-state index contributed by atoms with van der Waals surface area (Å²) in [6.07, 6.45) is 5.39. The summed E-state index contributed by atoms with van der Waals surface area (Å²) in [4.78, 5) is 12.1. The van der Waals surface area contributed by atoms with Gasteiger partial charge in [-0.25, -0.2) is 0 Å². The molecule has 3 rings (SSSR count). The fourth-order valence-corrected chi connectivity index (χ4v) is 4.26. The molecule has 4 heteroatoms. The van der Waals surface area contributed by atoms with Crippen molar-refractivity contribution >= 4 is 5.91 Å². The predicted octanol–water partition coefficient (Wildman–Crippen LogP) is 3.41. The molecule has 0 saturated heterocycles. The SMILES string of the molecule is CCOc1ccc(OCC(=O)N[C@@H](C)[C@H]2C[C@H]3CC[C@H]2C3)cc1. The molecule has 0 heterocycles. The Kier molecular flexibility index (Phi) is 5.09. The summed E-state index contributed by atoms with van der Waals surface area (Å²) in [7, 11) is 0.